The lowest BCUT2D eigenvalue weighted by atomic mass is 9.96. The first-order valence-electron chi connectivity index (χ1n) is 32.1. The van der Waals surface area contributed by atoms with E-state index in [1.165, 1.54) is 38.5 Å². The number of rotatable bonds is 46. The van der Waals surface area contributed by atoms with Gasteiger partial charge in [-0.05, 0) is 96.3 Å². The lowest BCUT2D eigenvalue weighted by Gasteiger charge is -2.48. The predicted molar refractivity (Wildman–Crippen MR) is 332 cm³/mol. The van der Waals surface area contributed by atoms with Crippen LogP contribution in [0.5, 0.6) is 0 Å². The highest BCUT2D eigenvalue weighted by atomic mass is 16.8. The van der Waals surface area contributed by atoms with Gasteiger partial charge in [0.15, 0.2) is 18.9 Å². The average molecular weight is 1220 g/mol. The minimum absolute atomic E-state index is 0.207. The van der Waals surface area contributed by atoms with Crippen molar-refractivity contribution < 1.29 is 89.4 Å². The molecular formula is C67H111NO18. The molecule has 19 heteroatoms. The summed E-state index contributed by atoms with van der Waals surface area (Å²) in [4.78, 5) is 13.4. The molecule has 3 aliphatic rings. The average Bonchev–Trinajstić information content (AvgIpc) is 3.70. The third-order valence-electron chi connectivity index (χ3n) is 15.3. The van der Waals surface area contributed by atoms with Crippen molar-refractivity contribution in [2.45, 2.75) is 279 Å². The number of unbranched alkanes of at least 4 members (excludes halogenated alkanes) is 14. The van der Waals surface area contributed by atoms with E-state index in [-0.39, 0.29) is 18.9 Å². The first-order chi connectivity index (χ1) is 41.8. The molecule has 0 radical (unpaired) electrons. The van der Waals surface area contributed by atoms with Gasteiger partial charge in [0.05, 0.1) is 38.6 Å². The second-order valence-corrected chi connectivity index (χ2v) is 22.5. The summed E-state index contributed by atoms with van der Waals surface area (Å²) >= 11 is 0. The van der Waals surface area contributed by atoms with E-state index >= 15 is 0 Å². The smallest absolute Gasteiger partial charge is 0.220 e. The number of aliphatic hydroxyl groups is 11. The Hall–Kier alpha value is -3.55. The molecule has 3 fully saturated rings. The molecule has 3 saturated heterocycles. The number of ether oxygens (including phenoxy) is 6. The minimum Gasteiger partial charge on any atom is -0.394 e. The zero-order valence-corrected chi connectivity index (χ0v) is 51.5. The quantitative estimate of drug-likeness (QED) is 0.0214. The maximum absolute atomic E-state index is 13.4. The second kappa shape index (κ2) is 48.3. The SMILES string of the molecule is CC/C=C\C/C=C\C/C=C\C/C=C\C/C=C\C/C=C\CCCCCCCCC(=O)NC(COC1OC(CO)C(OC2OC(CO)C(OC3OC(CO)C(O)C(O)C3O)C(O)C2O)C(O)C1O)C(O)/C=C/CC/C=C/CC/C=C/CCCCCCCC. The zero-order chi connectivity index (χ0) is 62.6. The molecule has 3 heterocycles. The molecule has 0 spiro atoms. The molecule has 0 bridgehead atoms. The highest BCUT2D eigenvalue weighted by Crippen LogP contribution is 2.33. The van der Waals surface area contributed by atoms with Crippen LogP contribution in [0.15, 0.2) is 109 Å². The Balaban J connectivity index is 1.49. The third-order valence-corrected chi connectivity index (χ3v) is 15.3. The van der Waals surface area contributed by atoms with Crippen LogP contribution < -0.4 is 5.32 Å². The van der Waals surface area contributed by atoms with Gasteiger partial charge in [0.2, 0.25) is 5.91 Å². The molecule has 492 valence electrons. The summed E-state index contributed by atoms with van der Waals surface area (Å²) in [5.74, 6) is -0.310. The number of allylic oxidation sites excluding steroid dienone is 17. The van der Waals surface area contributed by atoms with Gasteiger partial charge in [-0.1, -0.05) is 181 Å². The molecule has 86 heavy (non-hydrogen) atoms. The molecule has 0 saturated carbocycles. The van der Waals surface area contributed by atoms with Crippen molar-refractivity contribution in [3.63, 3.8) is 0 Å². The van der Waals surface area contributed by atoms with Gasteiger partial charge < -0.3 is 89.9 Å². The van der Waals surface area contributed by atoms with E-state index < -0.39 is 124 Å². The van der Waals surface area contributed by atoms with Crippen LogP contribution in [0, 0.1) is 0 Å². The van der Waals surface area contributed by atoms with Crippen molar-refractivity contribution >= 4 is 5.91 Å². The van der Waals surface area contributed by atoms with E-state index in [0.29, 0.717) is 12.8 Å². The maximum atomic E-state index is 13.4. The van der Waals surface area contributed by atoms with Gasteiger partial charge >= 0.3 is 0 Å². The van der Waals surface area contributed by atoms with Crippen LogP contribution in [0.2, 0.25) is 0 Å². The fourth-order valence-electron chi connectivity index (χ4n) is 10.0. The lowest BCUT2D eigenvalue weighted by molar-refractivity contribution is -0.379. The zero-order valence-electron chi connectivity index (χ0n) is 51.5. The summed E-state index contributed by atoms with van der Waals surface area (Å²) in [7, 11) is 0. The summed E-state index contributed by atoms with van der Waals surface area (Å²) < 4.78 is 34.2. The molecule has 12 N–H and O–H groups in total. The van der Waals surface area contributed by atoms with Crippen molar-refractivity contribution in [3.05, 3.63) is 109 Å². The molecule has 0 aliphatic carbocycles. The second-order valence-electron chi connectivity index (χ2n) is 22.5. The van der Waals surface area contributed by atoms with Crippen LogP contribution in [0.1, 0.15) is 174 Å². The number of hydrogen-bond acceptors (Lipinski definition) is 18. The molecule has 0 aromatic carbocycles. The molecule has 17 unspecified atom stereocenters. The van der Waals surface area contributed by atoms with Crippen molar-refractivity contribution in [1.82, 2.24) is 5.32 Å². The number of amides is 1. The van der Waals surface area contributed by atoms with E-state index in [0.717, 1.165) is 103 Å². The Morgan fingerprint density at radius 3 is 1.30 bits per heavy atom. The fourth-order valence-corrected chi connectivity index (χ4v) is 10.0. The van der Waals surface area contributed by atoms with Crippen LogP contribution in [0.3, 0.4) is 0 Å². The monoisotopic (exact) mass is 1220 g/mol. The highest BCUT2D eigenvalue weighted by Gasteiger charge is 2.53. The van der Waals surface area contributed by atoms with Gasteiger partial charge in [0, 0.05) is 6.42 Å². The first kappa shape index (κ1) is 76.7. The van der Waals surface area contributed by atoms with Crippen LogP contribution in [0.25, 0.3) is 0 Å². The van der Waals surface area contributed by atoms with Crippen molar-refractivity contribution in [1.29, 1.82) is 0 Å². The highest BCUT2D eigenvalue weighted by molar-refractivity contribution is 5.76. The predicted octanol–water partition coefficient (Wildman–Crippen LogP) is 7.10. The Labute approximate surface area is 513 Å². The van der Waals surface area contributed by atoms with Gasteiger partial charge in [-0.25, -0.2) is 0 Å². The fraction of sp³-hybridized carbons (Fsp3) is 0.716. The van der Waals surface area contributed by atoms with Crippen LogP contribution in [-0.2, 0) is 33.2 Å². The van der Waals surface area contributed by atoms with E-state index in [1.54, 1.807) is 6.08 Å². The Kier molecular flexibility index (Phi) is 43.1. The molecule has 17 atom stereocenters. The first-order valence-corrected chi connectivity index (χ1v) is 32.1. The standard InChI is InChI=1S/C67H111NO18/c1-3-5-7-9-11-13-15-17-19-21-22-23-24-25-26-27-28-29-31-33-35-37-39-41-43-45-55(73)68-50(51(72)44-42-40-38-36-34-32-30-20-18-16-14-12-10-8-6-4-2)49-81-65-61(79)58(76)63(53(47-70)83-65)86-67-62(80)59(77)64(54(48-71)84-67)85-66-60(78)57(75)56(74)52(46-69)82-66/h5,7,11,13,17-20,22-23,25-26,28-29,34,36,42,44,50-54,56-67,69-72,74-80H,3-4,6,8-10,12,14-16,21,24,27,30-33,35,37-41,43,45-49H2,1-2H3,(H,68,73)/b7-5-,13-11-,19-17-,20-18+,23-22-,26-25-,29-28-,36-34+,44-42+. The third kappa shape index (κ3) is 30.8. The summed E-state index contributed by atoms with van der Waals surface area (Å²) in [6.07, 6.45) is 36.3. The van der Waals surface area contributed by atoms with Crippen molar-refractivity contribution in [3.8, 4) is 0 Å². The van der Waals surface area contributed by atoms with E-state index in [1.807, 2.05) is 6.08 Å². The lowest BCUT2D eigenvalue weighted by Crippen LogP contribution is -2.66. The normalized spacial score (nSPS) is 29.5. The van der Waals surface area contributed by atoms with Gasteiger partial charge in [-0.2, -0.15) is 0 Å². The Morgan fingerprint density at radius 2 is 0.814 bits per heavy atom. The van der Waals surface area contributed by atoms with Crippen molar-refractivity contribution in [2.75, 3.05) is 26.4 Å². The van der Waals surface area contributed by atoms with Crippen LogP contribution in [0.4, 0.5) is 0 Å². The van der Waals surface area contributed by atoms with E-state index in [4.69, 9.17) is 28.4 Å². The largest absolute Gasteiger partial charge is 0.394 e. The number of carbonyl (C=O) groups excluding carboxylic acids is 1. The molecule has 1 amide bonds. The van der Waals surface area contributed by atoms with Gasteiger partial charge in [0.25, 0.3) is 0 Å². The molecule has 0 aromatic heterocycles. The summed E-state index contributed by atoms with van der Waals surface area (Å²) in [5.41, 5.74) is 0. The molecule has 3 aliphatic heterocycles. The topological polar surface area (TPSA) is 307 Å². The van der Waals surface area contributed by atoms with Crippen molar-refractivity contribution in [2.24, 2.45) is 0 Å². The van der Waals surface area contributed by atoms with Gasteiger partial charge in [-0.15, -0.1) is 0 Å². The molecule has 19 nitrogen and oxygen atoms in total. The summed E-state index contributed by atoms with van der Waals surface area (Å²) in [5, 5.41) is 120. The number of carbonyl (C=O) groups is 1. The Bertz CT molecular complexity index is 1990. The van der Waals surface area contributed by atoms with E-state index in [2.05, 4.69) is 116 Å². The molecular weight excluding hydrogens is 1110 g/mol. The van der Waals surface area contributed by atoms with Crippen LogP contribution >= 0.6 is 0 Å². The maximum Gasteiger partial charge on any atom is 0.220 e. The number of nitrogens with one attached hydrogen (secondary N) is 1. The number of aliphatic hydroxyl groups excluding tert-OH is 11. The molecule has 3 rings (SSSR count). The Morgan fingerprint density at radius 1 is 0.430 bits per heavy atom. The summed E-state index contributed by atoms with van der Waals surface area (Å²) in [6.45, 7) is 1.53. The summed E-state index contributed by atoms with van der Waals surface area (Å²) in [6, 6.07) is -1.01. The van der Waals surface area contributed by atoms with Crippen LogP contribution in [-0.4, -0.2) is 193 Å². The van der Waals surface area contributed by atoms with E-state index in [9.17, 15) is 61.0 Å². The van der Waals surface area contributed by atoms with Gasteiger partial charge in [0.1, 0.15) is 73.2 Å². The number of hydrogen-bond donors (Lipinski definition) is 12. The molecule has 0 aromatic rings. The minimum atomic E-state index is -1.99. The van der Waals surface area contributed by atoms with Gasteiger partial charge in [-0.3, -0.25) is 4.79 Å².